The minimum Gasteiger partial charge on any atom is -0.493 e. The van der Waals surface area contributed by atoms with Crippen molar-refractivity contribution in [2.75, 3.05) is 7.11 Å². The molecule has 0 saturated heterocycles. The normalized spacial score (nSPS) is 14.4. The van der Waals surface area contributed by atoms with Gasteiger partial charge in [0.1, 0.15) is 6.61 Å². The number of hydrogen-bond donors (Lipinski definition) is 0. The van der Waals surface area contributed by atoms with Gasteiger partial charge in [0.25, 0.3) is 0 Å². The summed E-state index contributed by atoms with van der Waals surface area (Å²) in [6.45, 7) is 2.47. The minimum absolute atomic E-state index is 0.185. The van der Waals surface area contributed by atoms with Gasteiger partial charge in [-0.2, -0.15) is 0 Å². The summed E-state index contributed by atoms with van der Waals surface area (Å²) in [6.07, 6.45) is 1.64. The average Bonchev–Trinajstić information content (AvgIpc) is 3.14. The summed E-state index contributed by atoms with van der Waals surface area (Å²) in [7, 11) is 1.57. The second-order valence-electron chi connectivity index (χ2n) is 7.00. The maximum absolute atomic E-state index is 12.3. The molecule has 3 aromatic rings. The Morgan fingerprint density at radius 3 is 2.55 bits per heavy atom. The summed E-state index contributed by atoms with van der Waals surface area (Å²) in [5.74, 6) is 0.822. The molecule has 0 amide bonds. The standard InChI is InChI=1S/C25H20ClNO4/c1-16-7-9-17(10-8-16)15-30-22-12-11-18(14-23(22)29-2)13-21-25(28)31-24(27-21)19-5-3-4-6-20(19)26/h3-14H,15H2,1-2H3/b21-13-. The highest BCUT2D eigenvalue weighted by molar-refractivity contribution is 6.34. The van der Waals surface area contributed by atoms with Gasteiger partial charge in [0.15, 0.2) is 17.2 Å². The van der Waals surface area contributed by atoms with Crippen molar-refractivity contribution in [1.82, 2.24) is 0 Å². The fourth-order valence-electron chi connectivity index (χ4n) is 3.06. The lowest BCUT2D eigenvalue weighted by molar-refractivity contribution is -0.129. The largest absolute Gasteiger partial charge is 0.493 e. The molecule has 5 nitrogen and oxygen atoms in total. The Bertz CT molecular complexity index is 1180. The van der Waals surface area contributed by atoms with E-state index in [0.29, 0.717) is 28.7 Å². The Morgan fingerprint density at radius 2 is 1.81 bits per heavy atom. The molecule has 4 rings (SSSR count). The SMILES string of the molecule is COc1cc(/C=C2\N=C(c3ccccc3Cl)OC2=O)ccc1OCc1ccc(C)cc1. The number of halogens is 1. The molecule has 0 aromatic heterocycles. The van der Waals surface area contributed by atoms with E-state index in [1.165, 1.54) is 5.56 Å². The lowest BCUT2D eigenvalue weighted by Crippen LogP contribution is -2.05. The number of cyclic esters (lactones) is 1. The first-order valence-electron chi connectivity index (χ1n) is 9.67. The van der Waals surface area contributed by atoms with Gasteiger partial charge in [-0.1, -0.05) is 59.6 Å². The lowest BCUT2D eigenvalue weighted by Gasteiger charge is -2.11. The molecule has 0 spiro atoms. The summed E-state index contributed by atoms with van der Waals surface area (Å²) < 4.78 is 16.7. The molecule has 0 aliphatic carbocycles. The average molecular weight is 434 g/mol. The predicted octanol–water partition coefficient (Wildman–Crippen LogP) is 5.58. The molecule has 156 valence electrons. The second kappa shape index (κ2) is 9.06. The number of rotatable bonds is 6. The number of aliphatic imine (C=N–C) groups is 1. The van der Waals surface area contributed by atoms with Crippen molar-refractivity contribution in [3.05, 3.63) is 99.7 Å². The topological polar surface area (TPSA) is 57.1 Å². The quantitative estimate of drug-likeness (QED) is 0.376. The third kappa shape index (κ3) is 4.78. The second-order valence-corrected chi connectivity index (χ2v) is 7.41. The number of benzene rings is 3. The van der Waals surface area contributed by atoms with E-state index < -0.39 is 5.97 Å². The Morgan fingerprint density at radius 1 is 1.03 bits per heavy atom. The molecule has 6 heteroatoms. The molecule has 1 aliphatic rings. The van der Waals surface area contributed by atoms with Crippen molar-refractivity contribution < 1.29 is 19.0 Å². The van der Waals surface area contributed by atoms with Gasteiger partial charge in [-0.15, -0.1) is 0 Å². The van der Waals surface area contributed by atoms with Crippen LogP contribution in [-0.4, -0.2) is 19.0 Å². The maximum atomic E-state index is 12.3. The number of carbonyl (C=O) groups is 1. The molecular formula is C25H20ClNO4. The van der Waals surface area contributed by atoms with Crippen LogP contribution in [0.4, 0.5) is 0 Å². The van der Waals surface area contributed by atoms with E-state index in [0.717, 1.165) is 11.1 Å². The predicted molar refractivity (Wildman–Crippen MR) is 121 cm³/mol. The van der Waals surface area contributed by atoms with Crippen molar-refractivity contribution in [2.24, 2.45) is 4.99 Å². The maximum Gasteiger partial charge on any atom is 0.363 e. The van der Waals surface area contributed by atoms with Crippen molar-refractivity contribution in [1.29, 1.82) is 0 Å². The molecule has 0 N–H and O–H groups in total. The summed E-state index contributed by atoms with van der Waals surface area (Å²) in [5, 5.41) is 0.465. The molecule has 0 unspecified atom stereocenters. The molecule has 0 fully saturated rings. The number of hydrogen-bond acceptors (Lipinski definition) is 5. The highest BCUT2D eigenvalue weighted by Gasteiger charge is 2.25. The Labute approximate surface area is 185 Å². The smallest absolute Gasteiger partial charge is 0.363 e. The zero-order valence-electron chi connectivity index (χ0n) is 17.1. The number of nitrogens with zero attached hydrogens (tertiary/aromatic N) is 1. The molecule has 0 saturated carbocycles. The van der Waals surface area contributed by atoms with E-state index in [4.69, 9.17) is 25.8 Å². The van der Waals surface area contributed by atoms with Gasteiger partial charge >= 0.3 is 5.97 Å². The third-order valence-corrected chi connectivity index (χ3v) is 5.06. The van der Waals surface area contributed by atoms with Gasteiger partial charge < -0.3 is 14.2 Å². The van der Waals surface area contributed by atoms with Crippen LogP contribution in [0, 0.1) is 6.92 Å². The van der Waals surface area contributed by atoms with Gasteiger partial charge in [-0.05, 0) is 48.4 Å². The van der Waals surface area contributed by atoms with Crippen molar-refractivity contribution >= 4 is 29.5 Å². The number of methoxy groups -OCH3 is 1. The molecule has 1 heterocycles. The van der Waals surface area contributed by atoms with E-state index in [2.05, 4.69) is 4.99 Å². The van der Waals surface area contributed by atoms with Crippen LogP contribution in [0.15, 0.2) is 77.4 Å². The van der Waals surface area contributed by atoms with Crippen LogP contribution < -0.4 is 9.47 Å². The summed E-state index contributed by atoms with van der Waals surface area (Å²) in [5.41, 5.74) is 3.75. The first-order chi connectivity index (χ1) is 15.0. The molecule has 0 radical (unpaired) electrons. The highest BCUT2D eigenvalue weighted by Crippen LogP contribution is 2.31. The number of carbonyl (C=O) groups excluding carboxylic acids is 1. The van der Waals surface area contributed by atoms with Gasteiger partial charge in [0.05, 0.1) is 17.7 Å². The molecule has 0 bridgehead atoms. The monoisotopic (exact) mass is 433 g/mol. The Balaban J connectivity index is 1.54. The van der Waals surface area contributed by atoms with Gasteiger partial charge in [-0.25, -0.2) is 9.79 Å². The molecular weight excluding hydrogens is 414 g/mol. The van der Waals surface area contributed by atoms with Crippen LogP contribution in [0.25, 0.3) is 6.08 Å². The van der Waals surface area contributed by atoms with Crippen LogP contribution >= 0.6 is 11.6 Å². The number of ether oxygens (including phenoxy) is 3. The fourth-order valence-corrected chi connectivity index (χ4v) is 3.27. The van der Waals surface area contributed by atoms with Crippen LogP contribution in [0.2, 0.25) is 5.02 Å². The van der Waals surface area contributed by atoms with Gasteiger partial charge in [-0.3, -0.25) is 0 Å². The van der Waals surface area contributed by atoms with Crippen molar-refractivity contribution in [2.45, 2.75) is 13.5 Å². The van der Waals surface area contributed by atoms with Crippen molar-refractivity contribution in [3.63, 3.8) is 0 Å². The zero-order chi connectivity index (χ0) is 21.8. The lowest BCUT2D eigenvalue weighted by atomic mass is 10.1. The summed E-state index contributed by atoms with van der Waals surface area (Å²) >= 11 is 6.18. The van der Waals surface area contributed by atoms with E-state index >= 15 is 0 Å². The van der Waals surface area contributed by atoms with Crippen LogP contribution in [0.5, 0.6) is 11.5 Å². The molecule has 31 heavy (non-hydrogen) atoms. The van der Waals surface area contributed by atoms with E-state index in [9.17, 15) is 4.79 Å². The molecule has 3 aromatic carbocycles. The molecule has 1 aliphatic heterocycles. The fraction of sp³-hybridized carbons (Fsp3) is 0.120. The first-order valence-corrected chi connectivity index (χ1v) is 10.0. The minimum atomic E-state index is -0.534. The van der Waals surface area contributed by atoms with Gasteiger partial charge in [0.2, 0.25) is 5.90 Å². The van der Waals surface area contributed by atoms with Crippen LogP contribution in [0.1, 0.15) is 22.3 Å². The third-order valence-electron chi connectivity index (χ3n) is 4.73. The van der Waals surface area contributed by atoms with Crippen molar-refractivity contribution in [3.8, 4) is 11.5 Å². The zero-order valence-corrected chi connectivity index (χ0v) is 17.8. The first kappa shape index (κ1) is 20.7. The van der Waals surface area contributed by atoms with E-state index in [-0.39, 0.29) is 11.6 Å². The summed E-state index contributed by atoms with van der Waals surface area (Å²) in [6, 6.07) is 20.6. The highest BCUT2D eigenvalue weighted by atomic mass is 35.5. The number of aryl methyl sites for hydroxylation is 1. The van der Waals surface area contributed by atoms with Gasteiger partial charge in [0, 0.05) is 0 Å². The Kier molecular flexibility index (Phi) is 6.05. The summed E-state index contributed by atoms with van der Waals surface area (Å²) in [4.78, 5) is 16.6. The Hall–Kier alpha value is -3.57. The van der Waals surface area contributed by atoms with Crippen LogP contribution in [0.3, 0.4) is 0 Å². The number of esters is 1. The van der Waals surface area contributed by atoms with E-state index in [1.807, 2.05) is 37.3 Å². The van der Waals surface area contributed by atoms with E-state index in [1.54, 1.807) is 49.6 Å². The molecule has 0 atom stereocenters. The van der Waals surface area contributed by atoms with Crippen LogP contribution in [-0.2, 0) is 16.1 Å².